The summed E-state index contributed by atoms with van der Waals surface area (Å²) in [6.45, 7) is 7.01. The maximum atomic E-state index is 10.4. The van der Waals surface area contributed by atoms with Gasteiger partial charge in [0, 0.05) is 0 Å². The van der Waals surface area contributed by atoms with Crippen LogP contribution in [0.15, 0.2) is 16.7 Å². The number of hydrogen-bond donors (Lipinski definition) is 1. The van der Waals surface area contributed by atoms with Crippen LogP contribution in [-0.4, -0.2) is 30.1 Å². The maximum Gasteiger partial charge on any atom is 0.312 e. The van der Waals surface area contributed by atoms with Gasteiger partial charge in [-0.3, -0.25) is 4.79 Å². The van der Waals surface area contributed by atoms with Gasteiger partial charge < -0.3 is 14.2 Å². The quantitative estimate of drug-likeness (QED) is 0.588. The number of hydrogen-bond acceptors (Lipinski definition) is 4. The van der Waals surface area contributed by atoms with Crippen LogP contribution in [0.3, 0.4) is 0 Å². The molecule has 0 spiro atoms. The molecule has 0 aromatic carbocycles. The molecule has 5 heteroatoms. The van der Waals surface area contributed by atoms with Crippen molar-refractivity contribution in [3.8, 4) is 0 Å². The standard InChI is InChI=1S/C11H17BO4/c1-10(2,14)11(3,4)16-12-8-5-9(6-13)15-7-8/h5-7,12,14H,1-4H3. The van der Waals surface area contributed by atoms with Crippen molar-refractivity contribution in [3.05, 3.63) is 18.1 Å². The van der Waals surface area contributed by atoms with Gasteiger partial charge in [-0.2, -0.15) is 0 Å². The first-order valence-electron chi connectivity index (χ1n) is 5.15. The lowest BCUT2D eigenvalue weighted by atomic mass is 9.84. The molecule has 1 aromatic heterocycles. The second-order valence-corrected chi connectivity index (χ2v) is 4.83. The Labute approximate surface area is 95.9 Å². The second-order valence-electron chi connectivity index (χ2n) is 4.83. The number of rotatable bonds is 5. The number of furan rings is 1. The van der Waals surface area contributed by atoms with Crippen LogP contribution in [0.1, 0.15) is 38.2 Å². The normalized spacial score (nSPS) is 12.6. The van der Waals surface area contributed by atoms with Gasteiger partial charge in [-0.25, -0.2) is 0 Å². The highest BCUT2D eigenvalue weighted by molar-refractivity contribution is 6.47. The highest BCUT2D eigenvalue weighted by Crippen LogP contribution is 2.24. The van der Waals surface area contributed by atoms with Crippen LogP contribution < -0.4 is 5.46 Å². The monoisotopic (exact) mass is 224 g/mol. The van der Waals surface area contributed by atoms with Gasteiger partial charge in [-0.05, 0) is 39.2 Å². The van der Waals surface area contributed by atoms with E-state index in [-0.39, 0.29) is 5.76 Å². The molecule has 0 saturated heterocycles. The van der Waals surface area contributed by atoms with Crippen LogP contribution in [-0.2, 0) is 4.65 Å². The minimum absolute atomic E-state index is 0.277. The first-order chi connectivity index (χ1) is 7.26. The molecule has 0 unspecified atom stereocenters. The number of carbonyl (C=O) groups excluding carboxylic acids is 1. The third-order valence-corrected chi connectivity index (χ3v) is 2.86. The number of aliphatic hydroxyl groups is 1. The Morgan fingerprint density at radius 1 is 1.44 bits per heavy atom. The Morgan fingerprint density at radius 2 is 2.06 bits per heavy atom. The summed E-state index contributed by atoms with van der Waals surface area (Å²) >= 11 is 0. The van der Waals surface area contributed by atoms with Gasteiger partial charge in [0.1, 0.15) is 0 Å². The van der Waals surface area contributed by atoms with Crippen LogP contribution in [0.25, 0.3) is 0 Å². The molecule has 0 aliphatic heterocycles. The summed E-state index contributed by atoms with van der Waals surface area (Å²) in [7, 11) is 0.300. The van der Waals surface area contributed by atoms with E-state index in [9.17, 15) is 9.90 Å². The van der Waals surface area contributed by atoms with Crippen molar-refractivity contribution in [2.45, 2.75) is 38.9 Å². The van der Waals surface area contributed by atoms with E-state index in [0.717, 1.165) is 5.46 Å². The topological polar surface area (TPSA) is 59.7 Å². The molecular weight excluding hydrogens is 207 g/mol. The fourth-order valence-electron chi connectivity index (χ4n) is 0.972. The molecule has 88 valence electrons. The lowest BCUT2D eigenvalue weighted by molar-refractivity contribution is -0.0893. The molecule has 16 heavy (non-hydrogen) atoms. The maximum absolute atomic E-state index is 10.4. The van der Waals surface area contributed by atoms with Crippen molar-refractivity contribution in [2.24, 2.45) is 0 Å². The van der Waals surface area contributed by atoms with Crippen molar-refractivity contribution < 1.29 is 19.0 Å². The van der Waals surface area contributed by atoms with Crippen molar-refractivity contribution in [2.75, 3.05) is 0 Å². The molecule has 0 radical (unpaired) electrons. The Balaban J connectivity index is 2.61. The predicted octanol–water partition coefficient (Wildman–Crippen LogP) is 0.635. The fraction of sp³-hybridized carbons (Fsp3) is 0.545. The summed E-state index contributed by atoms with van der Waals surface area (Å²) in [5.74, 6) is 0.277. The molecule has 0 amide bonds. The van der Waals surface area contributed by atoms with Gasteiger partial charge in [0.25, 0.3) is 0 Å². The van der Waals surface area contributed by atoms with E-state index in [2.05, 4.69) is 0 Å². The van der Waals surface area contributed by atoms with Gasteiger partial charge in [-0.15, -0.1) is 0 Å². The van der Waals surface area contributed by atoms with Crippen LogP contribution in [0.4, 0.5) is 0 Å². The third kappa shape index (κ3) is 2.96. The molecule has 1 rings (SSSR count). The number of aldehydes is 1. The fourth-order valence-corrected chi connectivity index (χ4v) is 0.972. The van der Waals surface area contributed by atoms with Gasteiger partial charge in [0.15, 0.2) is 12.0 Å². The van der Waals surface area contributed by atoms with Crippen molar-refractivity contribution >= 4 is 19.2 Å². The average molecular weight is 224 g/mol. The van der Waals surface area contributed by atoms with E-state index in [1.54, 1.807) is 19.9 Å². The van der Waals surface area contributed by atoms with Crippen LogP contribution in [0.2, 0.25) is 0 Å². The van der Waals surface area contributed by atoms with Crippen LogP contribution in [0, 0.1) is 0 Å². The Bertz CT molecular complexity index is 362. The lowest BCUT2D eigenvalue weighted by Crippen LogP contribution is -2.49. The van der Waals surface area contributed by atoms with Crippen molar-refractivity contribution in [1.82, 2.24) is 0 Å². The van der Waals surface area contributed by atoms with E-state index in [1.165, 1.54) is 6.26 Å². The Hall–Kier alpha value is -1.07. The number of carbonyl (C=O) groups is 1. The predicted molar refractivity (Wildman–Crippen MR) is 62.3 cm³/mol. The largest absolute Gasteiger partial charge is 0.462 e. The molecule has 0 atom stereocenters. The average Bonchev–Trinajstić information content (AvgIpc) is 2.60. The first kappa shape index (κ1) is 13.0. The third-order valence-electron chi connectivity index (χ3n) is 2.86. The molecule has 0 fully saturated rings. The molecule has 1 heterocycles. The zero-order chi connectivity index (χ0) is 12.4. The highest BCUT2D eigenvalue weighted by atomic mass is 16.5. The molecular formula is C11H17BO4. The molecule has 0 aliphatic carbocycles. The second kappa shape index (κ2) is 4.43. The first-order valence-corrected chi connectivity index (χ1v) is 5.15. The summed E-state index contributed by atoms with van der Waals surface area (Å²) in [6, 6.07) is 1.62. The summed E-state index contributed by atoms with van der Waals surface area (Å²) in [5, 5.41) is 9.87. The van der Waals surface area contributed by atoms with Gasteiger partial charge in [0.2, 0.25) is 0 Å². The van der Waals surface area contributed by atoms with Crippen LogP contribution in [0.5, 0.6) is 0 Å². The Morgan fingerprint density at radius 3 is 2.50 bits per heavy atom. The minimum atomic E-state index is -0.940. The molecule has 4 nitrogen and oxygen atoms in total. The van der Waals surface area contributed by atoms with E-state index in [0.29, 0.717) is 13.8 Å². The van der Waals surface area contributed by atoms with Crippen molar-refractivity contribution in [1.29, 1.82) is 0 Å². The summed E-state index contributed by atoms with van der Waals surface area (Å²) < 4.78 is 10.6. The van der Waals surface area contributed by atoms with Gasteiger partial charge in [-0.1, -0.05) is 0 Å². The molecule has 0 aliphatic rings. The lowest BCUT2D eigenvalue weighted by Gasteiger charge is -2.37. The molecule has 0 bridgehead atoms. The van der Waals surface area contributed by atoms with E-state index in [4.69, 9.17) is 9.07 Å². The smallest absolute Gasteiger partial charge is 0.312 e. The van der Waals surface area contributed by atoms with Crippen LogP contribution >= 0.6 is 0 Å². The minimum Gasteiger partial charge on any atom is -0.462 e. The highest BCUT2D eigenvalue weighted by Gasteiger charge is 2.35. The van der Waals surface area contributed by atoms with Crippen molar-refractivity contribution in [3.63, 3.8) is 0 Å². The SMILES string of the molecule is CC(C)(O)C(C)(C)OBc1coc(C=O)c1. The summed E-state index contributed by atoms with van der Waals surface area (Å²) in [5.41, 5.74) is -0.838. The van der Waals surface area contributed by atoms with Gasteiger partial charge >= 0.3 is 7.48 Å². The zero-order valence-electron chi connectivity index (χ0n) is 10.1. The van der Waals surface area contributed by atoms with E-state index < -0.39 is 11.2 Å². The molecule has 1 N–H and O–H groups in total. The van der Waals surface area contributed by atoms with E-state index >= 15 is 0 Å². The molecule has 0 saturated carbocycles. The van der Waals surface area contributed by atoms with E-state index in [1.807, 2.05) is 13.8 Å². The Kier molecular flexibility index (Phi) is 3.60. The van der Waals surface area contributed by atoms with Gasteiger partial charge in [0.05, 0.1) is 17.5 Å². The molecule has 1 aromatic rings. The summed E-state index contributed by atoms with van der Waals surface area (Å²) in [4.78, 5) is 10.4. The summed E-state index contributed by atoms with van der Waals surface area (Å²) in [6.07, 6.45) is 2.12. The zero-order valence-corrected chi connectivity index (χ0v) is 10.1.